The Morgan fingerprint density at radius 2 is 1.78 bits per heavy atom. The minimum absolute atomic E-state index is 0.347. The van der Waals surface area contributed by atoms with Gasteiger partial charge in [0.25, 0.3) is 0 Å². The Balaban J connectivity index is 2.45. The number of ether oxygens (including phenoxy) is 2. The maximum absolute atomic E-state index is 11.3. The summed E-state index contributed by atoms with van der Waals surface area (Å²) in [5.41, 5.74) is 0. The molecule has 0 radical (unpaired) electrons. The van der Waals surface area contributed by atoms with E-state index < -0.39 is 37.3 Å². The number of hydrogen-bond donors (Lipinski definition) is 4. The quantitative estimate of drug-likeness (QED) is 0.429. The highest BCUT2D eigenvalue weighted by Crippen LogP contribution is 2.22. The smallest absolute Gasteiger partial charge is 0.217 e. The summed E-state index contributed by atoms with van der Waals surface area (Å²) in [6.07, 6.45) is 2.37. The molecule has 1 fully saturated rings. The van der Waals surface area contributed by atoms with Crippen LogP contribution < -0.4 is 5.32 Å². The number of unbranched alkanes of at least 4 members (excludes halogenated alkanes) is 5. The van der Waals surface area contributed by atoms with Crippen LogP contribution in [0.15, 0.2) is 0 Å². The van der Waals surface area contributed by atoms with Gasteiger partial charge in [-0.1, -0.05) is 39.0 Å². The van der Waals surface area contributed by atoms with Crippen LogP contribution in [0.5, 0.6) is 0 Å². The summed E-state index contributed by atoms with van der Waals surface area (Å²) in [5.74, 6) is -0.347. The van der Waals surface area contributed by atoms with E-state index in [1.807, 2.05) is 0 Å². The zero-order chi connectivity index (χ0) is 17.2. The van der Waals surface area contributed by atoms with E-state index in [0.29, 0.717) is 6.61 Å². The van der Waals surface area contributed by atoms with Crippen LogP contribution in [0.25, 0.3) is 0 Å². The third kappa shape index (κ3) is 6.73. The van der Waals surface area contributed by atoms with E-state index in [9.17, 15) is 20.1 Å². The lowest BCUT2D eigenvalue weighted by molar-refractivity contribution is -0.270. The monoisotopic (exact) mass is 333 g/mol. The van der Waals surface area contributed by atoms with E-state index in [1.165, 1.54) is 26.2 Å². The molecule has 5 atom stereocenters. The fourth-order valence-corrected chi connectivity index (χ4v) is 2.69. The third-order valence-electron chi connectivity index (χ3n) is 4.03. The van der Waals surface area contributed by atoms with E-state index in [2.05, 4.69) is 12.2 Å². The lowest BCUT2D eigenvalue weighted by atomic mass is 9.97. The molecular weight excluding hydrogens is 302 g/mol. The molecule has 7 heteroatoms. The molecule has 1 saturated heterocycles. The molecule has 0 aromatic rings. The van der Waals surface area contributed by atoms with E-state index in [1.54, 1.807) is 0 Å². The number of hydrogen-bond acceptors (Lipinski definition) is 6. The molecule has 23 heavy (non-hydrogen) atoms. The van der Waals surface area contributed by atoms with Crippen molar-refractivity contribution in [1.29, 1.82) is 0 Å². The summed E-state index contributed by atoms with van der Waals surface area (Å²) >= 11 is 0. The minimum Gasteiger partial charge on any atom is -0.394 e. The molecule has 0 aromatic heterocycles. The molecule has 7 nitrogen and oxygen atoms in total. The molecule has 0 bridgehead atoms. The molecule has 1 aliphatic heterocycles. The van der Waals surface area contributed by atoms with Crippen LogP contribution in [0.1, 0.15) is 52.4 Å². The Labute approximate surface area is 138 Å². The summed E-state index contributed by atoms with van der Waals surface area (Å²) < 4.78 is 11.1. The molecule has 1 heterocycles. The zero-order valence-corrected chi connectivity index (χ0v) is 14.1. The number of rotatable bonds is 10. The molecule has 1 rings (SSSR count). The number of nitrogens with one attached hydrogen (secondary N) is 1. The van der Waals surface area contributed by atoms with Crippen molar-refractivity contribution in [2.75, 3.05) is 13.2 Å². The first-order valence-electron chi connectivity index (χ1n) is 8.52. The second kappa shape index (κ2) is 10.9. The molecule has 0 spiro atoms. The first kappa shape index (κ1) is 20.3. The van der Waals surface area contributed by atoms with Crippen molar-refractivity contribution < 1.29 is 29.6 Å². The summed E-state index contributed by atoms with van der Waals surface area (Å²) in [4.78, 5) is 11.3. The summed E-state index contributed by atoms with van der Waals surface area (Å²) in [5, 5.41) is 31.8. The highest BCUT2D eigenvalue weighted by molar-refractivity contribution is 5.73. The maximum atomic E-state index is 11.3. The van der Waals surface area contributed by atoms with Crippen molar-refractivity contribution in [3.05, 3.63) is 0 Å². The van der Waals surface area contributed by atoms with Gasteiger partial charge in [-0.05, 0) is 6.42 Å². The molecule has 4 N–H and O–H groups in total. The van der Waals surface area contributed by atoms with Gasteiger partial charge in [0, 0.05) is 13.5 Å². The molecule has 136 valence electrons. The third-order valence-corrected chi connectivity index (χ3v) is 4.03. The number of aliphatic hydroxyl groups is 3. The highest BCUT2D eigenvalue weighted by atomic mass is 16.7. The minimum atomic E-state index is -1.27. The first-order valence-corrected chi connectivity index (χ1v) is 8.52. The van der Waals surface area contributed by atoms with Crippen LogP contribution in [0.2, 0.25) is 0 Å². The van der Waals surface area contributed by atoms with Gasteiger partial charge in [-0.2, -0.15) is 0 Å². The van der Waals surface area contributed by atoms with Crippen LogP contribution in [0.3, 0.4) is 0 Å². The Kier molecular flexibility index (Phi) is 9.66. The van der Waals surface area contributed by atoms with Crippen molar-refractivity contribution in [3.63, 3.8) is 0 Å². The zero-order valence-electron chi connectivity index (χ0n) is 14.1. The lowest BCUT2D eigenvalue weighted by Gasteiger charge is -2.42. The summed E-state index contributed by atoms with van der Waals surface area (Å²) in [6.45, 7) is 3.50. The van der Waals surface area contributed by atoms with E-state index in [-0.39, 0.29) is 5.91 Å². The molecule has 1 amide bonds. The predicted octanol–water partition coefficient (Wildman–Crippen LogP) is 0.307. The van der Waals surface area contributed by atoms with E-state index in [4.69, 9.17) is 9.47 Å². The normalized spacial score (nSPS) is 31.1. The summed E-state index contributed by atoms with van der Waals surface area (Å²) in [7, 11) is 0. The van der Waals surface area contributed by atoms with Crippen LogP contribution in [-0.2, 0) is 14.3 Å². The van der Waals surface area contributed by atoms with Gasteiger partial charge >= 0.3 is 0 Å². The summed E-state index contributed by atoms with van der Waals surface area (Å²) in [6, 6.07) is -0.856. The Morgan fingerprint density at radius 1 is 1.13 bits per heavy atom. The fraction of sp³-hybridized carbons (Fsp3) is 0.938. The number of carbonyl (C=O) groups is 1. The highest BCUT2D eigenvalue weighted by Gasteiger charge is 2.45. The first-order chi connectivity index (χ1) is 11.0. The van der Waals surface area contributed by atoms with Gasteiger partial charge < -0.3 is 30.1 Å². The van der Waals surface area contributed by atoms with Gasteiger partial charge in [-0.15, -0.1) is 0 Å². The van der Waals surface area contributed by atoms with Gasteiger partial charge in [0.05, 0.1) is 6.61 Å². The average molecular weight is 333 g/mol. The number of carbonyl (C=O) groups excluding carboxylic acids is 1. The SMILES string of the molecule is CCCCCCCCO[C@@H]1O[C@H](CO)[C@H](O)[C@@H](O)[C@H]1NC(C)=O. The number of aliphatic hydroxyl groups excluding tert-OH is 3. The lowest BCUT2D eigenvalue weighted by Crippen LogP contribution is -2.64. The van der Waals surface area contributed by atoms with Gasteiger partial charge in [0.2, 0.25) is 5.91 Å². The molecule has 0 aromatic carbocycles. The molecule has 0 saturated carbocycles. The van der Waals surface area contributed by atoms with Crippen LogP contribution in [-0.4, -0.2) is 65.1 Å². The largest absolute Gasteiger partial charge is 0.394 e. The molecule has 0 aliphatic carbocycles. The van der Waals surface area contributed by atoms with Crippen LogP contribution >= 0.6 is 0 Å². The second-order valence-electron chi connectivity index (χ2n) is 6.07. The van der Waals surface area contributed by atoms with E-state index in [0.717, 1.165) is 19.3 Å². The Bertz CT molecular complexity index is 341. The Morgan fingerprint density at radius 3 is 2.39 bits per heavy atom. The standard InChI is InChI=1S/C16H31NO6/c1-3-4-5-6-7-8-9-22-16-13(17-11(2)19)15(21)14(20)12(10-18)23-16/h12-16,18,20-21H,3-10H2,1-2H3,(H,17,19)/t12-,13-,14+,15+,16-/m1/s1. The van der Waals surface area contributed by atoms with Gasteiger partial charge in [0.1, 0.15) is 24.4 Å². The van der Waals surface area contributed by atoms with Crippen molar-refractivity contribution in [1.82, 2.24) is 5.32 Å². The number of amides is 1. The van der Waals surface area contributed by atoms with Crippen molar-refractivity contribution in [3.8, 4) is 0 Å². The van der Waals surface area contributed by atoms with Gasteiger partial charge in [-0.25, -0.2) is 0 Å². The topological polar surface area (TPSA) is 108 Å². The maximum Gasteiger partial charge on any atom is 0.217 e. The van der Waals surface area contributed by atoms with Crippen LogP contribution in [0.4, 0.5) is 0 Å². The van der Waals surface area contributed by atoms with Crippen molar-refractivity contribution >= 4 is 5.91 Å². The van der Waals surface area contributed by atoms with Gasteiger partial charge in [-0.3, -0.25) is 4.79 Å². The van der Waals surface area contributed by atoms with Gasteiger partial charge in [0.15, 0.2) is 6.29 Å². The molecular formula is C16H31NO6. The molecule has 1 aliphatic rings. The average Bonchev–Trinajstić information content (AvgIpc) is 2.52. The van der Waals surface area contributed by atoms with Crippen molar-refractivity contribution in [2.24, 2.45) is 0 Å². The predicted molar refractivity (Wildman–Crippen MR) is 84.7 cm³/mol. The van der Waals surface area contributed by atoms with Crippen LogP contribution in [0, 0.1) is 0 Å². The fourth-order valence-electron chi connectivity index (χ4n) is 2.69. The van der Waals surface area contributed by atoms with E-state index >= 15 is 0 Å². The molecule has 0 unspecified atom stereocenters. The second-order valence-corrected chi connectivity index (χ2v) is 6.07. The Hall–Kier alpha value is -0.730. The van der Waals surface area contributed by atoms with Crippen molar-refractivity contribution in [2.45, 2.75) is 83.0 Å².